The van der Waals surface area contributed by atoms with Gasteiger partial charge >= 0.3 is 0 Å². The summed E-state index contributed by atoms with van der Waals surface area (Å²) in [6.07, 6.45) is 1.82. The lowest BCUT2D eigenvalue weighted by Crippen LogP contribution is -2.00. The highest BCUT2D eigenvalue weighted by molar-refractivity contribution is 8.00. The molecule has 4 rings (SSSR count). The molecule has 1 aliphatic rings. The Labute approximate surface area is 119 Å². The second-order valence-corrected chi connectivity index (χ2v) is 5.69. The smallest absolute Gasteiger partial charge is 0.0948 e. The van der Waals surface area contributed by atoms with Crippen LogP contribution in [0.1, 0.15) is 0 Å². The molecule has 0 amide bonds. The zero-order valence-electron chi connectivity index (χ0n) is 9.85. The Kier molecular flexibility index (Phi) is 2.43. The summed E-state index contributed by atoms with van der Waals surface area (Å²) in [5.41, 5.74) is 4.39. The maximum Gasteiger partial charge on any atom is 0.0948 e. The molecule has 0 unspecified atom stereocenters. The van der Waals surface area contributed by atoms with Crippen LogP contribution in [-0.2, 0) is 0 Å². The molecule has 0 atom stereocenters. The number of hydrogen-bond donors (Lipinski definition) is 1. The number of rotatable bonds is 0. The summed E-state index contributed by atoms with van der Waals surface area (Å²) >= 11 is 7.72. The molecule has 92 valence electrons. The molecular weight excluding hydrogens is 276 g/mol. The fourth-order valence-electron chi connectivity index (χ4n) is 2.38. The fraction of sp³-hybridized carbons (Fsp3) is 0. The predicted molar refractivity (Wildman–Crippen MR) is 81.7 cm³/mol. The van der Waals surface area contributed by atoms with Crippen LogP contribution in [0.5, 0.6) is 0 Å². The van der Waals surface area contributed by atoms with Gasteiger partial charge in [0, 0.05) is 32.6 Å². The van der Waals surface area contributed by atoms with Crippen LogP contribution in [-0.4, -0.2) is 4.98 Å². The average Bonchev–Trinajstić information content (AvgIpc) is 2.46. The number of aromatic nitrogens is 1. The van der Waals surface area contributed by atoms with Crippen molar-refractivity contribution in [2.45, 2.75) is 4.90 Å². The van der Waals surface area contributed by atoms with E-state index in [-0.39, 0.29) is 0 Å². The summed E-state index contributed by atoms with van der Waals surface area (Å²) in [6.45, 7) is 0. The monoisotopic (exact) mass is 284 g/mol. The van der Waals surface area contributed by atoms with E-state index < -0.39 is 0 Å². The largest absolute Gasteiger partial charge is 0.323 e. The van der Waals surface area contributed by atoms with Gasteiger partial charge in [0.15, 0.2) is 0 Å². The number of nitrogens with one attached hydrogen (secondary N) is 1. The third-order valence-electron chi connectivity index (χ3n) is 3.27. The SMILES string of the molecule is Clc1ccc2c(c1)-c1ccc3cccnc3c1NS2. The van der Waals surface area contributed by atoms with Crippen molar-refractivity contribution in [3.8, 4) is 11.1 Å². The second kappa shape index (κ2) is 4.15. The van der Waals surface area contributed by atoms with Gasteiger partial charge in [-0.3, -0.25) is 4.98 Å². The van der Waals surface area contributed by atoms with E-state index in [0.717, 1.165) is 27.2 Å². The number of halogens is 1. The maximum atomic E-state index is 6.12. The average molecular weight is 285 g/mol. The Bertz CT molecular complexity index is 801. The quantitative estimate of drug-likeness (QED) is 0.589. The molecule has 4 heteroatoms. The Balaban J connectivity index is 2.07. The highest BCUT2D eigenvalue weighted by atomic mass is 35.5. The zero-order chi connectivity index (χ0) is 12.8. The van der Waals surface area contributed by atoms with Gasteiger partial charge in [0.25, 0.3) is 0 Å². The molecule has 0 radical (unpaired) electrons. The molecule has 2 nitrogen and oxygen atoms in total. The molecule has 0 spiro atoms. The Hall–Kier alpha value is -1.71. The molecule has 0 aliphatic carbocycles. The van der Waals surface area contributed by atoms with Crippen LogP contribution in [0.4, 0.5) is 5.69 Å². The van der Waals surface area contributed by atoms with Gasteiger partial charge in [-0.2, -0.15) is 0 Å². The fourth-order valence-corrected chi connectivity index (χ4v) is 3.39. The molecule has 19 heavy (non-hydrogen) atoms. The number of benzene rings is 2. The van der Waals surface area contributed by atoms with Crippen LogP contribution in [0, 0.1) is 0 Å². The van der Waals surface area contributed by atoms with E-state index in [1.165, 1.54) is 10.5 Å². The van der Waals surface area contributed by atoms with Crippen molar-refractivity contribution < 1.29 is 0 Å². The number of hydrogen-bond acceptors (Lipinski definition) is 3. The van der Waals surface area contributed by atoms with E-state index in [9.17, 15) is 0 Å². The van der Waals surface area contributed by atoms with Crippen molar-refractivity contribution in [1.82, 2.24) is 4.98 Å². The minimum absolute atomic E-state index is 0.758. The van der Waals surface area contributed by atoms with Gasteiger partial charge < -0.3 is 4.72 Å². The highest BCUT2D eigenvalue weighted by Gasteiger charge is 2.19. The van der Waals surface area contributed by atoms with E-state index in [2.05, 4.69) is 27.9 Å². The van der Waals surface area contributed by atoms with Crippen LogP contribution in [0.25, 0.3) is 22.0 Å². The molecule has 3 aromatic rings. The van der Waals surface area contributed by atoms with Gasteiger partial charge in [-0.25, -0.2) is 0 Å². The molecule has 1 aliphatic heterocycles. The Morgan fingerprint density at radius 2 is 2.00 bits per heavy atom. The first kappa shape index (κ1) is 11.1. The van der Waals surface area contributed by atoms with Gasteiger partial charge in [0.1, 0.15) is 0 Å². The number of nitrogens with zero attached hydrogens (tertiary/aromatic N) is 1. The highest BCUT2D eigenvalue weighted by Crippen LogP contribution is 2.45. The molecule has 1 aromatic heterocycles. The van der Waals surface area contributed by atoms with E-state index in [1.807, 2.05) is 30.5 Å². The topological polar surface area (TPSA) is 24.9 Å². The molecular formula is C15H9ClN2S. The van der Waals surface area contributed by atoms with E-state index in [0.29, 0.717) is 0 Å². The standard InChI is InChI=1S/C15H9ClN2S/c16-10-4-6-13-12(8-10)11-5-3-9-2-1-7-17-14(9)15(11)18-19-13/h1-8,18H. The van der Waals surface area contributed by atoms with Crippen LogP contribution >= 0.6 is 23.5 Å². The molecule has 0 bridgehead atoms. The van der Waals surface area contributed by atoms with Crippen molar-refractivity contribution in [3.63, 3.8) is 0 Å². The van der Waals surface area contributed by atoms with Gasteiger partial charge in [0.05, 0.1) is 11.2 Å². The van der Waals surface area contributed by atoms with Crippen molar-refractivity contribution in [3.05, 3.63) is 53.7 Å². The summed E-state index contributed by atoms with van der Waals surface area (Å²) in [6, 6.07) is 14.2. The molecule has 2 heterocycles. The molecule has 1 N–H and O–H groups in total. The second-order valence-electron chi connectivity index (χ2n) is 4.41. The van der Waals surface area contributed by atoms with Gasteiger partial charge in [-0.1, -0.05) is 29.8 Å². The normalized spacial score (nSPS) is 12.7. The minimum Gasteiger partial charge on any atom is -0.323 e. The van der Waals surface area contributed by atoms with E-state index >= 15 is 0 Å². The summed E-state index contributed by atoms with van der Waals surface area (Å²) < 4.78 is 3.39. The van der Waals surface area contributed by atoms with Gasteiger partial charge in [0.2, 0.25) is 0 Å². The van der Waals surface area contributed by atoms with Crippen LogP contribution in [0.3, 0.4) is 0 Å². The van der Waals surface area contributed by atoms with Crippen molar-refractivity contribution >= 4 is 40.1 Å². The lowest BCUT2D eigenvalue weighted by atomic mass is 10.0. The Morgan fingerprint density at radius 1 is 1.05 bits per heavy atom. The molecule has 0 saturated carbocycles. The lowest BCUT2D eigenvalue weighted by molar-refractivity contribution is 1.39. The van der Waals surface area contributed by atoms with Crippen LogP contribution < -0.4 is 4.72 Å². The zero-order valence-corrected chi connectivity index (χ0v) is 11.4. The van der Waals surface area contributed by atoms with Gasteiger partial charge in [-0.05, 0) is 36.2 Å². The van der Waals surface area contributed by atoms with E-state index in [4.69, 9.17) is 11.6 Å². The molecule has 2 aromatic carbocycles. The predicted octanol–water partition coefficient (Wildman–Crippen LogP) is 4.99. The number of anilines is 1. The maximum absolute atomic E-state index is 6.12. The minimum atomic E-state index is 0.758. The molecule has 0 fully saturated rings. The number of pyridine rings is 1. The summed E-state index contributed by atoms with van der Waals surface area (Å²) in [4.78, 5) is 5.67. The first-order valence-electron chi connectivity index (χ1n) is 5.93. The van der Waals surface area contributed by atoms with Crippen LogP contribution in [0.2, 0.25) is 5.02 Å². The molecule has 0 saturated heterocycles. The third kappa shape index (κ3) is 1.70. The third-order valence-corrected chi connectivity index (χ3v) is 4.39. The van der Waals surface area contributed by atoms with E-state index in [1.54, 1.807) is 11.9 Å². The van der Waals surface area contributed by atoms with Crippen molar-refractivity contribution in [2.24, 2.45) is 0 Å². The first-order valence-corrected chi connectivity index (χ1v) is 7.13. The van der Waals surface area contributed by atoms with Gasteiger partial charge in [-0.15, -0.1) is 0 Å². The lowest BCUT2D eigenvalue weighted by Gasteiger charge is -2.21. The van der Waals surface area contributed by atoms with Crippen molar-refractivity contribution in [2.75, 3.05) is 4.72 Å². The summed E-state index contributed by atoms with van der Waals surface area (Å²) in [7, 11) is 0. The summed E-state index contributed by atoms with van der Waals surface area (Å²) in [5, 5.41) is 1.90. The number of fused-ring (bicyclic) bond motifs is 5. The van der Waals surface area contributed by atoms with Crippen molar-refractivity contribution in [1.29, 1.82) is 0 Å². The summed E-state index contributed by atoms with van der Waals surface area (Å²) in [5.74, 6) is 0. The first-order chi connectivity index (χ1) is 9.33. The Morgan fingerprint density at radius 3 is 2.95 bits per heavy atom. The van der Waals surface area contributed by atoms with Crippen LogP contribution in [0.15, 0.2) is 53.6 Å².